The minimum atomic E-state index is -1.02. The van der Waals surface area contributed by atoms with Gasteiger partial charge in [-0.15, -0.1) is 11.3 Å². The van der Waals surface area contributed by atoms with Crippen LogP contribution in [0.5, 0.6) is 0 Å². The third-order valence-electron chi connectivity index (χ3n) is 3.70. The monoisotopic (exact) mass is 374 g/mol. The van der Waals surface area contributed by atoms with Gasteiger partial charge in [-0.3, -0.25) is 14.2 Å². The molecule has 0 aliphatic rings. The van der Waals surface area contributed by atoms with Crippen LogP contribution in [0, 0.1) is 11.6 Å². The molecule has 0 fully saturated rings. The van der Waals surface area contributed by atoms with E-state index in [1.54, 1.807) is 12.1 Å². The number of nitrogens with two attached hydrogens (primary N) is 1. The molecule has 0 spiro atoms. The van der Waals surface area contributed by atoms with Crippen LogP contribution in [0.15, 0.2) is 47.3 Å². The molecule has 3 rings (SSSR count). The molecule has 1 aromatic carbocycles. The summed E-state index contributed by atoms with van der Waals surface area (Å²) >= 11 is 1.18. The summed E-state index contributed by atoms with van der Waals surface area (Å²) in [6, 6.07) is 8.22. The highest BCUT2D eigenvalue weighted by Gasteiger charge is 2.20. The fourth-order valence-electron chi connectivity index (χ4n) is 2.47. The molecular weight excluding hydrogens is 362 g/mol. The second-order valence-corrected chi connectivity index (χ2v) is 6.52. The topological polar surface area (TPSA) is 82.2 Å². The van der Waals surface area contributed by atoms with Gasteiger partial charge in [-0.05, 0) is 30.3 Å². The average Bonchev–Trinajstić information content (AvgIpc) is 3.03. The molecule has 2 aromatic heterocycles. The minimum absolute atomic E-state index is 0.0829. The summed E-state index contributed by atoms with van der Waals surface area (Å²) in [5.41, 5.74) is 5.09. The first-order chi connectivity index (χ1) is 12.4. The zero-order valence-electron chi connectivity index (χ0n) is 13.2. The number of carbonyl (C=O) groups excluding carboxylic acids is 2. The van der Waals surface area contributed by atoms with Crippen LogP contribution < -0.4 is 11.3 Å². The highest BCUT2D eigenvalue weighted by Crippen LogP contribution is 2.25. The van der Waals surface area contributed by atoms with Crippen molar-refractivity contribution >= 4 is 29.2 Å². The van der Waals surface area contributed by atoms with Gasteiger partial charge in [0.25, 0.3) is 5.56 Å². The van der Waals surface area contributed by atoms with Crippen LogP contribution in [0.3, 0.4) is 0 Å². The molecule has 2 N–H and O–H groups in total. The number of rotatable bonds is 5. The number of halogens is 2. The fourth-order valence-corrected chi connectivity index (χ4v) is 3.44. The average molecular weight is 374 g/mol. The Bertz CT molecular complexity index is 1070. The molecule has 0 amide bonds. The van der Waals surface area contributed by atoms with Gasteiger partial charge >= 0.3 is 0 Å². The van der Waals surface area contributed by atoms with E-state index in [-0.39, 0.29) is 23.4 Å². The lowest BCUT2D eigenvalue weighted by atomic mass is 10.0. The third kappa shape index (κ3) is 3.18. The molecular formula is C18H12F2N2O3S. The van der Waals surface area contributed by atoms with Gasteiger partial charge in [0, 0.05) is 23.4 Å². The second kappa shape index (κ2) is 7.01. The van der Waals surface area contributed by atoms with E-state index in [1.807, 2.05) is 0 Å². The van der Waals surface area contributed by atoms with E-state index in [0.717, 1.165) is 33.9 Å². The lowest BCUT2D eigenvalue weighted by Gasteiger charge is -2.11. The molecule has 0 aliphatic heterocycles. The van der Waals surface area contributed by atoms with E-state index in [2.05, 4.69) is 0 Å². The van der Waals surface area contributed by atoms with Crippen LogP contribution in [0.2, 0.25) is 0 Å². The van der Waals surface area contributed by atoms with Crippen molar-refractivity contribution in [3.63, 3.8) is 0 Å². The van der Waals surface area contributed by atoms with Gasteiger partial charge in [-0.1, -0.05) is 0 Å². The van der Waals surface area contributed by atoms with Crippen molar-refractivity contribution in [2.45, 2.75) is 6.42 Å². The van der Waals surface area contributed by atoms with Crippen molar-refractivity contribution < 1.29 is 18.4 Å². The Balaban J connectivity index is 2.11. The van der Waals surface area contributed by atoms with Crippen molar-refractivity contribution in [3.05, 3.63) is 80.5 Å². The molecule has 5 nitrogen and oxygen atoms in total. The summed E-state index contributed by atoms with van der Waals surface area (Å²) in [7, 11) is 0. The van der Waals surface area contributed by atoms with Crippen LogP contribution in [0.25, 0.3) is 5.00 Å². The fraction of sp³-hybridized carbons (Fsp3) is 0.0556. The second-order valence-electron chi connectivity index (χ2n) is 5.37. The molecule has 2 heterocycles. The summed E-state index contributed by atoms with van der Waals surface area (Å²) in [6.45, 7) is 0. The first kappa shape index (κ1) is 17.7. The van der Waals surface area contributed by atoms with Gasteiger partial charge in [0.15, 0.2) is 5.78 Å². The Morgan fingerprint density at radius 2 is 1.85 bits per heavy atom. The van der Waals surface area contributed by atoms with Gasteiger partial charge in [0.2, 0.25) is 0 Å². The number of anilines is 1. The number of thiophene rings is 1. The van der Waals surface area contributed by atoms with Crippen LogP contribution in [-0.4, -0.2) is 16.6 Å². The maximum Gasteiger partial charge on any atom is 0.257 e. The minimum Gasteiger partial charge on any atom is -0.384 e. The van der Waals surface area contributed by atoms with Crippen molar-refractivity contribution in [3.8, 4) is 5.00 Å². The van der Waals surface area contributed by atoms with Crippen molar-refractivity contribution in [1.29, 1.82) is 0 Å². The summed E-state index contributed by atoms with van der Waals surface area (Å²) in [6.07, 6.45) is 0.928. The summed E-state index contributed by atoms with van der Waals surface area (Å²) in [4.78, 5) is 36.2. The van der Waals surface area contributed by atoms with E-state index in [1.165, 1.54) is 17.4 Å². The molecule has 3 aromatic rings. The SMILES string of the molecule is Nc1c(C(=O)c2ccc(F)cc2F)ccc(=O)n1-c1ccc(CC=O)s1. The van der Waals surface area contributed by atoms with E-state index in [0.29, 0.717) is 11.1 Å². The zero-order valence-corrected chi connectivity index (χ0v) is 14.1. The van der Waals surface area contributed by atoms with E-state index >= 15 is 0 Å². The Labute approximate surface area is 150 Å². The number of ketones is 1. The summed E-state index contributed by atoms with van der Waals surface area (Å²) in [5, 5.41) is 0.429. The third-order valence-corrected chi connectivity index (χ3v) is 4.80. The van der Waals surface area contributed by atoms with E-state index in [9.17, 15) is 23.2 Å². The van der Waals surface area contributed by atoms with Crippen molar-refractivity contribution in [1.82, 2.24) is 4.57 Å². The molecule has 26 heavy (non-hydrogen) atoms. The molecule has 0 bridgehead atoms. The predicted molar refractivity (Wildman–Crippen MR) is 93.9 cm³/mol. The number of nitrogens with zero attached hydrogens (tertiary/aromatic N) is 1. The molecule has 0 saturated heterocycles. The first-order valence-electron chi connectivity index (χ1n) is 7.46. The molecule has 0 saturated carbocycles. The Kier molecular flexibility index (Phi) is 4.77. The van der Waals surface area contributed by atoms with E-state index in [4.69, 9.17) is 5.73 Å². The quantitative estimate of drug-likeness (QED) is 0.550. The van der Waals surface area contributed by atoms with Crippen LogP contribution in [0.1, 0.15) is 20.8 Å². The van der Waals surface area contributed by atoms with Crippen LogP contribution in [-0.2, 0) is 11.2 Å². The Hall–Kier alpha value is -3.13. The molecule has 0 radical (unpaired) electrons. The molecule has 0 atom stereocenters. The normalized spacial score (nSPS) is 10.7. The zero-order chi connectivity index (χ0) is 18.8. The largest absolute Gasteiger partial charge is 0.384 e. The number of hydrogen-bond donors (Lipinski definition) is 1. The van der Waals surface area contributed by atoms with Crippen LogP contribution in [0.4, 0.5) is 14.6 Å². The van der Waals surface area contributed by atoms with E-state index < -0.39 is 23.0 Å². The van der Waals surface area contributed by atoms with Crippen molar-refractivity contribution in [2.75, 3.05) is 5.73 Å². The lowest BCUT2D eigenvalue weighted by molar-refractivity contribution is -0.107. The molecule has 0 aliphatic carbocycles. The number of benzene rings is 1. The summed E-state index contributed by atoms with van der Waals surface area (Å²) < 4.78 is 28.1. The number of aromatic nitrogens is 1. The predicted octanol–water partition coefficient (Wildman–Crippen LogP) is 2.73. The molecule has 8 heteroatoms. The van der Waals surface area contributed by atoms with Gasteiger partial charge in [0.1, 0.15) is 28.7 Å². The maximum absolute atomic E-state index is 13.9. The van der Waals surface area contributed by atoms with Gasteiger partial charge < -0.3 is 10.5 Å². The standard InChI is InChI=1S/C18H12F2N2O3S/c19-10-1-3-12(14(20)9-10)17(25)13-4-5-15(24)22(18(13)21)16-6-2-11(26-16)7-8-23/h1-6,8-9H,7,21H2. The van der Waals surface area contributed by atoms with Crippen LogP contribution >= 0.6 is 11.3 Å². The van der Waals surface area contributed by atoms with Gasteiger partial charge in [-0.25, -0.2) is 8.78 Å². The number of carbonyl (C=O) groups is 2. The number of hydrogen-bond acceptors (Lipinski definition) is 5. The lowest BCUT2D eigenvalue weighted by Crippen LogP contribution is -2.23. The summed E-state index contributed by atoms with van der Waals surface area (Å²) in [5.74, 6) is -2.75. The molecule has 0 unspecified atom stereocenters. The van der Waals surface area contributed by atoms with Gasteiger partial charge in [-0.2, -0.15) is 0 Å². The highest BCUT2D eigenvalue weighted by molar-refractivity contribution is 7.14. The molecule has 132 valence electrons. The smallest absolute Gasteiger partial charge is 0.257 e. The highest BCUT2D eigenvalue weighted by atomic mass is 32.1. The number of nitrogen functional groups attached to an aromatic ring is 1. The van der Waals surface area contributed by atoms with Gasteiger partial charge in [0.05, 0.1) is 11.1 Å². The number of pyridine rings is 1. The maximum atomic E-state index is 13.9. The number of aldehydes is 1. The Morgan fingerprint density at radius 1 is 1.12 bits per heavy atom. The Morgan fingerprint density at radius 3 is 2.54 bits per heavy atom. The van der Waals surface area contributed by atoms with Crippen molar-refractivity contribution in [2.24, 2.45) is 0 Å². The first-order valence-corrected chi connectivity index (χ1v) is 8.28.